The van der Waals surface area contributed by atoms with Gasteiger partial charge in [0, 0.05) is 36.2 Å². The van der Waals surface area contributed by atoms with Crippen LogP contribution in [0.5, 0.6) is 0 Å². The monoisotopic (exact) mass is 338 g/mol. The first kappa shape index (κ1) is 13.8. The zero-order chi connectivity index (χ0) is 13.9. The van der Waals surface area contributed by atoms with Crippen LogP contribution in [0.3, 0.4) is 0 Å². The molecule has 0 bridgehead atoms. The summed E-state index contributed by atoms with van der Waals surface area (Å²) in [5, 5.41) is 3.32. The van der Waals surface area contributed by atoms with Crippen molar-refractivity contribution in [2.24, 2.45) is 0 Å². The summed E-state index contributed by atoms with van der Waals surface area (Å²) in [6, 6.07) is 8.64. The molecule has 1 N–H and O–H groups in total. The van der Waals surface area contributed by atoms with Gasteiger partial charge >= 0.3 is 0 Å². The molecule has 20 heavy (non-hydrogen) atoms. The van der Waals surface area contributed by atoms with Crippen molar-refractivity contribution in [1.29, 1.82) is 0 Å². The third-order valence-corrected chi connectivity index (χ3v) is 4.29. The van der Waals surface area contributed by atoms with E-state index in [1.165, 1.54) is 6.07 Å². The largest absolute Gasteiger partial charge is 0.467 e. The average Bonchev–Trinajstić information content (AvgIpc) is 2.98. The van der Waals surface area contributed by atoms with Gasteiger partial charge in [0.1, 0.15) is 11.6 Å². The Morgan fingerprint density at radius 2 is 2.00 bits per heavy atom. The van der Waals surface area contributed by atoms with Gasteiger partial charge in [0.05, 0.1) is 12.3 Å². The van der Waals surface area contributed by atoms with Crippen LogP contribution < -0.4 is 5.32 Å². The second-order valence-corrected chi connectivity index (χ2v) is 5.69. The van der Waals surface area contributed by atoms with E-state index in [9.17, 15) is 4.39 Å². The van der Waals surface area contributed by atoms with E-state index >= 15 is 0 Å². The molecule has 3 nitrogen and oxygen atoms in total. The molecule has 0 saturated carbocycles. The predicted octanol–water partition coefficient (Wildman–Crippen LogP) is 3.18. The predicted molar refractivity (Wildman–Crippen MR) is 79.1 cm³/mol. The minimum absolute atomic E-state index is 0.192. The highest BCUT2D eigenvalue weighted by Crippen LogP contribution is 2.35. The molecule has 1 fully saturated rings. The molecule has 2 heterocycles. The minimum Gasteiger partial charge on any atom is -0.467 e. The number of piperazine rings is 1. The van der Waals surface area contributed by atoms with Gasteiger partial charge in [-0.25, -0.2) is 4.39 Å². The third-order valence-electron chi connectivity index (χ3n) is 3.60. The molecule has 1 aromatic carbocycles. The van der Waals surface area contributed by atoms with Gasteiger partial charge in [0.25, 0.3) is 0 Å². The van der Waals surface area contributed by atoms with E-state index in [1.54, 1.807) is 12.3 Å². The first-order chi connectivity index (χ1) is 9.77. The highest BCUT2D eigenvalue weighted by molar-refractivity contribution is 9.10. The fourth-order valence-corrected chi connectivity index (χ4v) is 3.22. The molecule has 0 aliphatic carbocycles. The number of halogens is 2. The molecule has 1 atom stereocenters. The van der Waals surface area contributed by atoms with Gasteiger partial charge in [-0.05, 0) is 24.3 Å². The van der Waals surface area contributed by atoms with Gasteiger partial charge in [-0.2, -0.15) is 0 Å². The number of rotatable bonds is 3. The minimum atomic E-state index is -0.209. The van der Waals surface area contributed by atoms with Crippen LogP contribution in [0.15, 0.2) is 45.5 Å². The molecule has 1 aliphatic rings. The van der Waals surface area contributed by atoms with Gasteiger partial charge in [0.15, 0.2) is 0 Å². The Hall–Kier alpha value is -1.17. The smallest absolute Gasteiger partial charge is 0.129 e. The van der Waals surface area contributed by atoms with Gasteiger partial charge in [0.2, 0.25) is 0 Å². The van der Waals surface area contributed by atoms with Crippen LogP contribution in [0, 0.1) is 5.82 Å². The highest BCUT2D eigenvalue weighted by Gasteiger charge is 2.29. The topological polar surface area (TPSA) is 28.4 Å². The zero-order valence-electron chi connectivity index (χ0n) is 11.0. The van der Waals surface area contributed by atoms with Crippen molar-refractivity contribution in [1.82, 2.24) is 10.2 Å². The summed E-state index contributed by atoms with van der Waals surface area (Å²) in [6.45, 7) is 3.55. The van der Waals surface area contributed by atoms with Crippen LogP contribution in [0.25, 0.3) is 0 Å². The van der Waals surface area contributed by atoms with E-state index in [1.807, 2.05) is 18.2 Å². The van der Waals surface area contributed by atoms with Crippen molar-refractivity contribution < 1.29 is 8.81 Å². The van der Waals surface area contributed by atoms with Crippen molar-refractivity contribution >= 4 is 15.9 Å². The number of furan rings is 1. The number of hydrogen-bond donors (Lipinski definition) is 1. The molecular formula is C15H16BrFN2O. The highest BCUT2D eigenvalue weighted by atomic mass is 79.9. The van der Waals surface area contributed by atoms with Crippen molar-refractivity contribution in [2.75, 3.05) is 26.2 Å². The Morgan fingerprint density at radius 3 is 2.65 bits per heavy atom. The summed E-state index contributed by atoms with van der Waals surface area (Å²) in [4.78, 5) is 2.25. The number of nitrogens with one attached hydrogen (secondary N) is 1. The molecule has 3 rings (SSSR count). The van der Waals surface area contributed by atoms with Gasteiger partial charge in [-0.1, -0.05) is 22.0 Å². The molecule has 0 unspecified atom stereocenters. The molecule has 1 aliphatic heterocycles. The summed E-state index contributed by atoms with van der Waals surface area (Å²) in [5.74, 6) is 0.567. The fraction of sp³-hybridized carbons (Fsp3) is 0.333. The Balaban J connectivity index is 2.05. The van der Waals surface area contributed by atoms with E-state index in [0.717, 1.165) is 36.4 Å². The maximum Gasteiger partial charge on any atom is 0.129 e. The van der Waals surface area contributed by atoms with Crippen molar-refractivity contribution in [3.05, 3.63) is 58.2 Å². The zero-order valence-corrected chi connectivity index (χ0v) is 12.6. The van der Waals surface area contributed by atoms with E-state index in [0.29, 0.717) is 5.56 Å². The van der Waals surface area contributed by atoms with E-state index in [-0.39, 0.29) is 11.9 Å². The average molecular weight is 339 g/mol. The molecule has 0 radical (unpaired) electrons. The van der Waals surface area contributed by atoms with Crippen molar-refractivity contribution in [2.45, 2.75) is 6.04 Å². The molecule has 2 aromatic rings. The lowest BCUT2D eigenvalue weighted by atomic mass is 10.0. The molecular weight excluding hydrogens is 323 g/mol. The van der Waals surface area contributed by atoms with Crippen molar-refractivity contribution in [3.8, 4) is 0 Å². The van der Waals surface area contributed by atoms with Crippen LogP contribution in [0.1, 0.15) is 17.4 Å². The Bertz CT molecular complexity index is 547. The second kappa shape index (κ2) is 6.08. The lowest BCUT2D eigenvalue weighted by Crippen LogP contribution is -2.45. The van der Waals surface area contributed by atoms with Gasteiger partial charge in [-0.15, -0.1) is 0 Å². The third kappa shape index (κ3) is 2.66. The van der Waals surface area contributed by atoms with E-state index < -0.39 is 0 Å². The number of hydrogen-bond acceptors (Lipinski definition) is 3. The standard InChI is InChI=1S/C15H16BrFN2O/c16-11-3-1-4-12(17)14(11)15(13-5-2-10-20-13)19-8-6-18-7-9-19/h1-5,10,15,18H,6-9H2/t15-/m0/s1. The second-order valence-electron chi connectivity index (χ2n) is 4.84. The van der Waals surface area contributed by atoms with E-state index in [2.05, 4.69) is 26.1 Å². The van der Waals surface area contributed by atoms with Crippen LogP contribution in [-0.2, 0) is 0 Å². The first-order valence-corrected chi connectivity index (χ1v) is 7.49. The molecule has 5 heteroatoms. The Labute approximate surface area is 125 Å². The Kier molecular flexibility index (Phi) is 4.19. The summed E-state index contributed by atoms with van der Waals surface area (Å²) in [7, 11) is 0. The molecule has 1 saturated heterocycles. The maximum atomic E-state index is 14.3. The van der Waals surface area contributed by atoms with Crippen LogP contribution in [-0.4, -0.2) is 31.1 Å². The fourth-order valence-electron chi connectivity index (χ4n) is 2.66. The number of benzene rings is 1. The summed E-state index contributed by atoms with van der Waals surface area (Å²) >= 11 is 3.48. The molecule has 0 spiro atoms. The SMILES string of the molecule is Fc1cccc(Br)c1[C@H](c1ccco1)N1CCNCC1. The summed E-state index contributed by atoms with van der Waals surface area (Å²) < 4.78 is 20.7. The quantitative estimate of drug-likeness (QED) is 0.931. The lowest BCUT2D eigenvalue weighted by Gasteiger charge is -2.34. The van der Waals surface area contributed by atoms with Crippen LogP contribution >= 0.6 is 15.9 Å². The van der Waals surface area contributed by atoms with Crippen LogP contribution in [0.2, 0.25) is 0 Å². The van der Waals surface area contributed by atoms with Gasteiger partial charge in [-0.3, -0.25) is 4.90 Å². The van der Waals surface area contributed by atoms with Crippen molar-refractivity contribution in [3.63, 3.8) is 0 Å². The molecule has 1 aromatic heterocycles. The summed E-state index contributed by atoms with van der Waals surface area (Å²) in [5.41, 5.74) is 0.643. The van der Waals surface area contributed by atoms with Gasteiger partial charge < -0.3 is 9.73 Å². The normalized spacial score (nSPS) is 18.1. The first-order valence-electron chi connectivity index (χ1n) is 6.69. The Morgan fingerprint density at radius 1 is 1.20 bits per heavy atom. The lowest BCUT2D eigenvalue weighted by molar-refractivity contribution is 0.176. The summed E-state index contributed by atoms with van der Waals surface area (Å²) in [6.07, 6.45) is 1.64. The van der Waals surface area contributed by atoms with E-state index in [4.69, 9.17) is 4.42 Å². The maximum absolute atomic E-state index is 14.3. The molecule has 0 amide bonds. The molecule has 106 valence electrons. The number of nitrogens with zero attached hydrogens (tertiary/aromatic N) is 1. The van der Waals surface area contributed by atoms with Crippen LogP contribution in [0.4, 0.5) is 4.39 Å².